The van der Waals surface area contributed by atoms with Gasteiger partial charge in [0.15, 0.2) is 13.1 Å². The Kier molecular flexibility index (Phi) is 13.1. The molecule has 1 atom stereocenters. The minimum atomic E-state index is -4.15. The molecule has 2 aliphatic heterocycles. The van der Waals surface area contributed by atoms with Gasteiger partial charge < -0.3 is 29.4 Å². The van der Waals surface area contributed by atoms with Crippen molar-refractivity contribution in [2.75, 3.05) is 37.0 Å². The van der Waals surface area contributed by atoms with Crippen LogP contribution in [-0.2, 0) is 31.2 Å². The van der Waals surface area contributed by atoms with E-state index in [0.717, 1.165) is 70.1 Å². The van der Waals surface area contributed by atoms with E-state index in [9.17, 15) is 33.7 Å². The summed E-state index contributed by atoms with van der Waals surface area (Å²) in [6.45, 7) is 11.3. The standard InChI is InChI=1S/C46H56N2O8P2/c1-45(2)37-15-6-8-17-39(37)47(29-11-31-57(5,51)52)41(45)26-22-34-13-10-14-35(44(34)56-36-24-19-33(20-25-36)21-28-43(49)50)23-27-42-46(3,4)38-16-7-9-18-40(38)48(42)30-12-32-58(53,54)55/h6-9,15-20,22-27H,10-14,21,28-32H2,1-5H3,(H3-,49,50,51,52,53,54,55)/p+1. The van der Waals surface area contributed by atoms with Crippen LogP contribution in [0.5, 0.6) is 5.75 Å². The number of para-hydroxylation sites is 2. The molecular formula is C46H57N2O8P2+. The fraction of sp³-hybridized carbons (Fsp3) is 0.391. The van der Waals surface area contributed by atoms with Crippen molar-refractivity contribution in [1.82, 2.24) is 0 Å². The number of carboxylic acid groups (broad SMARTS) is 1. The van der Waals surface area contributed by atoms with Crippen LogP contribution >= 0.6 is 15.0 Å². The molecule has 58 heavy (non-hydrogen) atoms. The molecule has 6 rings (SSSR count). The lowest BCUT2D eigenvalue weighted by Gasteiger charge is -2.27. The number of hydrogen-bond acceptors (Lipinski definition) is 5. The molecule has 3 aliphatic rings. The Balaban J connectivity index is 1.42. The van der Waals surface area contributed by atoms with E-state index in [-0.39, 0.29) is 29.6 Å². The molecule has 308 valence electrons. The molecule has 12 heteroatoms. The Hall–Kier alpha value is -4.30. The highest BCUT2D eigenvalue weighted by Crippen LogP contribution is 2.49. The lowest BCUT2D eigenvalue weighted by Crippen LogP contribution is -2.28. The molecule has 0 bridgehead atoms. The Morgan fingerprint density at radius 1 is 0.845 bits per heavy atom. The second kappa shape index (κ2) is 17.5. The van der Waals surface area contributed by atoms with Crippen molar-refractivity contribution in [2.45, 2.75) is 83.5 Å². The summed E-state index contributed by atoms with van der Waals surface area (Å²) in [5, 5.41) is 9.20. The molecular weight excluding hydrogens is 770 g/mol. The van der Waals surface area contributed by atoms with E-state index < -0.39 is 20.9 Å². The van der Waals surface area contributed by atoms with Crippen LogP contribution in [0.25, 0.3) is 0 Å². The van der Waals surface area contributed by atoms with Gasteiger partial charge in [0.2, 0.25) is 5.69 Å². The summed E-state index contributed by atoms with van der Waals surface area (Å²) in [6, 6.07) is 24.1. The van der Waals surface area contributed by atoms with Crippen molar-refractivity contribution in [3.05, 3.63) is 136 Å². The van der Waals surface area contributed by atoms with Crippen LogP contribution < -0.4 is 9.64 Å². The number of carboxylic acids is 1. The Morgan fingerprint density at radius 3 is 2.22 bits per heavy atom. The monoisotopic (exact) mass is 827 g/mol. The van der Waals surface area contributed by atoms with Crippen molar-refractivity contribution >= 4 is 38.0 Å². The predicted molar refractivity (Wildman–Crippen MR) is 232 cm³/mol. The third kappa shape index (κ3) is 10.1. The van der Waals surface area contributed by atoms with Crippen molar-refractivity contribution in [3.8, 4) is 5.75 Å². The van der Waals surface area contributed by atoms with Gasteiger partial charge >= 0.3 is 13.6 Å². The van der Waals surface area contributed by atoms with Crippen molar-refractivity contribution in [3.63, 3.8) is 0 Å². The highest BCUT2D eigenvalue weighted by molar-refractivity contribution is 7.57. The van der Waals surface area contributed by atoms with Gasteiger partial charge in [-0.05, 0) is 98.6 Å². The van der Waals surface area contributed by atoms with Crippen LogP contribution in [0.2, 0.25) is 0 Å². The van der Waals surface area contributed by atoms with Gasteiger partial charge in [-0.15, -0.1) is 0 Å². The number of fused-ring (bicyclic) bond motifs is 2. The highest BCUT2D eigenvalue weighted by atomic mass is 31.2. The molecule has 2 heterocycles. The van der Waals surface area contributed by atoms with Crippen LogP contribution in [-0.4, -0.2) is 68.1 Å². The first-order valence-corrected chi connectivity index (χ1v) is 24.2. The molecule has 1 aliphatic carbocycles. The number of carbonyl (C=O) groups is 1. The van der Waals surface area contributed by atoms with E-state index in [2.05, 4.69) is 91.8 Å². The number of benzene rings is 3. The largest absolute Gasteiger partial charge is 0.481 e. The molecule has 3 aromatic rings. The van der Waals surface area contributed by atoms with E-state index in [1.807, 2.05) is 42.5 Å². The molecule has 1 unspecified atom stereocenters. The fourth-order valence-electron chi connectivity index (χ4n) is 8.52. The number of nitrogens with zero attached hydrogens (tertiary/aromatic N) is 2. The van der Waals surface area contributed by atoms with Gasteiger partial charge in [-0.2, -0.15) is 4.58 Å². The molecule has 0 saturated carbocycles. The number of anilines is 1. The molecule has 4 N–H and O–H groups in total. The summed E-state index contributed by atoms with van der Waals surface area (Å²) >= 11 is 0. The maximum atomic E-state index is 12.2. The number of aryl methyl sites for hydroxylation is 1. The predicted octanol–water partition coefficient (Wildman–Crippen LogP) is 9.62. The van der Waals surface area contributed by atoms with Gasteiger partial charge in [-0.3, -0.25) is 13.9 Å². The third-order valence-corrected chi connectivity index (χ3v) is 13.6. The normalized spacial score (nSPS) is 19.9. The summed E-state index contributed by atoms with van der Waals surface area (Å²) in [6.07, 6.45) is 12.5. The van der Waals surface area contributed by atoms with Gasteiger partial charge in [0, 0.05) is 66.7 Å². The van der Waals surface area contributed by atoms with Crippen LogP contribution in [0.1, 0.15) is 82.9 Å². The summed E-state index contributed by atoms with van der Waals surface area (Å²) in [5.74, 6) is 0.557. The summed E-state index contributed by atoms with van der Waals surface area (Å²) in [4.78, 5) is 42.7. The van der Waals surface area contributed by atoms with Crippen LogP contribution in [0.3, 0.4) is 0 Å². The van der Waals surface area contributed by atoms with Gasteiger partial charge in [0.25, 0.3) is 0 Å². The fourth-order valence-corrected chi connectivity index (χ4v) is 9.81. The molecule has 0 fully saturated rings. The van der Waals surface area contributed by atoms with E-state index >= 15 is 0 Å². The van der Waals surface area contributed by atoms with E-state index in [1.165, 1.54) is 12.2 Å². The Bertz CT molecular complexity index is 2290. The maximum Gasteiger partial charge on any atom is 0.325 e. The molecule has 0 aromatic heterocycles. The third-order valence-electron chi connectivity index (χ3n) is 11.5. The van der Waals surface area contributed by atoms with Crippen LogP contribution in [0, 0.1) is 0 Å². The lowest BCUT2D eigenvalue weighted by molar-refractivity contribution is -0.437. The minimum absolute atomic E-state index is 0.0478. The zero-order valence-electron chi connectivity index (χ0n) is 34.2. The lowest BCUT2D eigenvalue weighted by atomic mass is 9.81. The van der Waals surface area contributed by atoms with E-state index in [0.29, 0.717) is 38.1 Å². The summed E-state index contributed by atoms with van der Waals surface area (Å²) in [7, 11) is -7.32. The van der Waals surface area contributed by atoms with Crippen LogP contribution in [0.4, 0.5) is 11.4 Å². The molecule has 10 nitrogen and oxygen atoms in total. The average molecular weight is 828 g/mol. The van der Waals surface area contributed by atoms with Crippen molar-refractivity contribution < 1.29 is 43.0 Å². The number of ether oxygens (including phenoxy) is 1. The first-order valence-electron chi connectivity index (χ1n) is 20.1. The summed E-state index contributed by atoms with van der Waals surface area (Å²) in [5.41, 5.74) is 8.91. The second-order valence-corrected chi connectivity index (χ2v) is 21.1. The van der Waals surface area contributed by atoms with Crippen molar-refractivity contribution in [2.24, 2.45) is 0 Å². The highest BCUT2D eigenvalue weighted by Gasteiger charge is 2.44. The first kappa shape index (κ1) is 43.3. The Labute approximate surface area is 342 Å². The van der Waals surface area contributed by atoms with Gasteiger partial charge in [-0.25, -0.2) is 0 Å². The molecule has 0 radical (unpaired) electrons. The number of aliphatic carboxylic acids is 1. The molecule has 3 aromatic carbocycles. The molecule has 0 amide bonds. The SMILES string of the molecule is CC1(C)C(=CC=C2CCCC(C=CC3=[N+](CCCP(C)(=O)O)c4ccccc4C3(C)C)=C2Oc2ccc(CCC(=O)O)cc2)N(CCCP(=O)(O)O)c2ccccc21. The average Bonchev–Trinajstić information content (AvgIpc) is 3.50. The summed E-state index contributed by atoms with van der Waals surface area (Å²) < 4.78 is 33.1. The first-order chi connectivity index (χ1) is 27.3. The molecule has 0 spiro atoms. The van der Waals surface area contributed by atoms with Gasteiger partial charge in [0.05, 0.1) is 11.6 Å². The number of allylic oxidation sites excluding steroid dienone is 7. The zero-order chi connectivity index (χ0) is 41.9. The van der Waals surface area contributed by atoms with E-state index in [1.54, 1.807) is 0 Å². The van der Waals surface area contributed by atoms with Gasteiger partial charge in [-0.1, -0.05) is 68.5 Å². The Morgan fingerprint density at radius 2 is 1.53 bits per heavy atom. The quantitative estimate of drug-likeness (QED) is 0.0819. The van der Waals surface area contributed by atoms with Gasteiger partial charge in [0.1, 0.15) is 18.1 Å². The number of hydrogen-bond donors (Lipinski definition) is 4. The van der Waals surface area contributed by atoms with E-state index in [4.69, 9.17) is 4.74 Å². The second-order valence-electron chi connectivity index (χ2n) is 16.8. The van der Waals surface area contributed by atoms with Crippen LogP contribution in [0.15, 0.2) is 120 Å². The number of rotatable bonds is 16. The smallest absolute Gasteiger partial charge is 0.325 e. The zero-order valence-corrected chi connectivity index (χ0v) is 36.0. The van der Waals surface area contributed by atoms with Crippen molar-refractivity contribution in [1.29, 1.82) is 0 Å². The minimum Gasteiger partial charge on any atom is -0.481 e. The molecule has 0 saturated heterocycles. The maximum absolute atomic E-state index is 12.2. The topological polar surface area (TPSA) is 148 Å².